The molecule has 7 nitrogen and oxygen atoms in total. The first-order valence-corrected chi connectivity index (χ1v) is 6.92. The molecule has 7 heteroatoms. The van der Waals surface area contributed by atoms with E-state index >= 15 is 0 Å². The minimum Gasteiger partial charge on any atom is -0.463 e. The topological polar surface area (TPSA) is 84.9 Å². The molecule has 0 aliphatic heterocycles. The highest BCUT2D eigenvalue weighted by atomic mass is 16.6. The predicted octanol–water partition coefficient (Wildman–Crippen LogP) is 1.17. The van der Waals surface area contributed by atoms with Gasteiger partial charge in [-0.1, -0.05) is 20.8 Å². The Bertz CT molecular complexity index is 374. The molecule has 122 valence electrons. The van der Waals surface area contributed by atoms with Crippen molar-refractivity contribution in [3.8, 4) is 0 Å². The number of rotatable bonds is 6. The number of amides is 2. The second kappa shape index (κ2) is 8.61. The van der Waals surface area contributed by atoms with Crippen LogP contribution in [0.3, 0.4) is 0 Å². The van der Waals surface area contributed by atoms with Crippen LogP contribution in [0.15, 0.2) is 0 Å². The van der Waals surface area contributed by atoms with Crippen LogP contribution in [-0.4, -0.2) is 55.7 Å². The molecule has 0 aromatic rings. The summed E-state index contributed by atoms with van der Waals surface area (Å²) < 4.78 is 9.97. The molecule has 0 atom stereocenters. The number of hydrogen-bond acceptors (Lipinski definition) is 6. The van der Waals surface area contributed by atoms with E-state index in [1.54, 1.807) is 41.7 Å². The van der Waals surface area contributed by atoms with Crippen molar-refractivity contribution in [3.05, 3.63) is 0 Å². The molecular weight excluding hydrogens is 276 g/mol. The largest absolute Gasteiger partial charge is 0.463 e. The Kier molecular flexibility index (Phi) is 7.94. The van der Waals surface area contributed by atoms with E-state index in [9.17, 15) is 14.4 Å². The molecule has 0 aromatic carbocycles. The number of likely N-dealkylation sites (N-methyl/N-ethyl adjacent to an activating group) is 1. The van der Waals surface area contributed by atoms with E-state index in [4.69, 9.17) is 9.47 Å². The lowest BCUT2D eigenvalue weighted by Gasteiger charge is -2.27. The smallest absolute Gasteiger partial charge is 0.416 e. The summed E-state index contributed by atoms with van der Waals surface area (Å²) in [6.45, 7) is 8.50. The average Bonchev–Trinajstić information content (AvgIpc) is 2.32. The Morgan fingerprint density at radius 1 is 1.19 bits per heavy atom. The molecule has 0 saturated heterocycles. The van der Waals surface area contributed by atoms with Crippen LogP contribution in [-0.2, 0) is 19.1 Å². The fourth-order valence-electron chi connectivity index (χ4n) is 1.39. The van der Waals surface area contributed by atoms with Crippen LogP contribution in [0.5, 0.6) is 0 Å². The van der Waals surface area contributed by atoms with Gasteiger partial charge in [-0.15, -0.1) is 0 Å². The molecule has 0 aromatic heterocycles. The van der Waals surface area contributed by atoms with Crippen molar-refractivity contribution in [3.63, 3.8) is 0 Å². The molecule has 0 aliphatic carbocycles. The molecule has 1 N–H and O–H groups in total. The summed E-state index contributed by atoms with van der Waals surface area (Å²) >= 11 is 0. The standard InChI is InChI=1S/C14H26N2O5/c1-10(2)21-13(19)16(12(18)14(3,4)5)7-8-20-11(17)9-15-6/h10,15H,7-9H2,1-6H3. The third-order valence-electron chi connectivity index (χ3n) is 2.34. The van der Waals surface area contributed by atoms with Gasteiger partial charge in [0.15, 0.2) is 0 Å². The quantitative estimate of drug-likeness (QED) is 0.741. The first kappa shape index (κ1) is 19.4. The van der Waals surface area contributed by atoms with Crippen molar-refractivity contribution >= 4 is 18.0 Å². The van der Waals surface area contributed by atoms with Gasteiger partial charge in [-0.3, -0.25) is 9.59 Å². The third kappa shape index (κ3) is 7.65. The van der Waals surface area contributed by atoms with E-state index in [0.717, 1.165) is 4.90 Å². The molecule has 0 unspecified atom stereocenters. The molecule has 0 spiro atoms. The first-order chi connectivity index (χ1) is 9.59. The van der Waals surface area contributed by atoms with Crippen molar-refractivity contribution in [1.82, 2.24) is 10.2 Å². The van der Waals surface area contributed by atoms with Crippen LogP contribution >= 0.6 is 0 Å². The molecule has 0 fully saturated rings. The monoisotopic (exact) mass is 302 g/mol. The van der Waals surface area contributed by atoms with Gasteiger partial charge < -0.3 is 14.8 Å². The summed E-state index contributed by atoms with van der Waals surface area (Å²) in [4.78, 5) is 36.4. The maximum absolute atomic E-state index is 12.3. The lowest BCUT2D eigenvalue weighted by atomic mass is 9.95. The molecule has 0 saturated carbocycles. The van der Waals surface area contributed by atoms with Gasteiger partial charge in [0.2, 0.25) is 5.91 Å². The van der Waals surface area contributed by atoms with Gasteiger partial charge in [-0.25, -0.2) is 9.69 Å². The number of carbonyl (C=O) groups is 3. The van der Waals surface area contributed by atoms with Crippen LogP contribution in [0.4, 0.5) is 4.79 Å². The number of hydrogen-bond donors (Lipinski definition) is 1. The summed E-state index contributed by atoms with van der Waals surface area (Å²) in [5.41, 5.74) is -0.731. The zero-order chi connectivity index (χ0) is 16.6. The molecule has 21 heavy (non-hydrogen) atoms. The van der Waals surface area contributed by atoms with Gasteiger partial charge in [0.05, 0.1) is 19.2 Å². The molecule has 0 bridgehead atoms. The minimum absolute atomic E-state index is 0.0306. The van der Waals surface area contributed by atoms with Crippen molar-refractivity contribution in [2.24, 2.45) is 5.41 Å². The van der Waals surface area contributed by atoms with E-state index in [-0.39, 0.29) is 31.7 Å². The summed E-state index contributed by atoms with van der Waals surface area (Å²) in [7, 11) is 1.62. The van der Waals surface area contributed by atoms with E-state index in [0.29, 0.717) is 0 Å². The highest BCUT2D eigenvalue weighted by Gasteiger charge is 2.32. The molecule has 0 aliphatic rings. The second-order valence-electron chi connectivity index (χ2n) is 5.89. The Labute approximate surface area is 126 Å². The van der Waals surface area contributed by atoms with Gasteiger partial charge in [0.25, 0.3) is 0 Å². The van der Waals surface area contributed by atoms with Gasteiger partial charge in [0, 0.05) is 5.41 Å². The third-order valence-corrected chi connectivity index (χ3v) is 2.34. The number of nitrogens with zero attached hydrogens (tertiary/aromatic N) is 1. The number of nitrogens with one attached hydrogen (secondary N) is 1. The zero-order valence-corrected chi connectivity index (χ0v) is 13.7. The maximum atomic E-state index is 12.3. The second-order valence-corrected chi connectivity index (χ2v) is 5.89. The van der Waals surface area contributed by atoms with Crippen molar-refractivity contribution in [1.29, 1.82) is 0 Å². The van der Waals surface area contributed by atoms with Gasteiger partial charge in [0.1, 0.15) is 6.61 Å². The van der Waals surface area contributed by atoms with Gasteiger partial charge in [-0.05, 0) is 20.9 Å². The predicted molar refractivity (Wildman–Crippen MR) is 77.7 cm³/mol. The van der Waals surface area contributed by atoms with E-state index in [2.05, 4.69) is 5.32 Å². The fraction of sp³-hybridized carbons (Fsp3) is 0.786. The summed E-state index contributed by atoms with van der Waals surface area (Å²) in [6.07, 6.45) is -1.06. The first-order valence-electron chi connectivity index (χ1n) is 6.92. The zero-order valence-electron chi connectivity index (χ0n) is 13.7. The summed E-state index contributed by atoms with van der Waals surface area (Å²) in [6, 6.07) is 0. The lowest BCUT2D eigenvalue weighted by molar-refractivity contribution is -0.146. The molecule has 2 amide bonds. The Balaban J connectivity index is 4.71. The average molecular weight is 302 g/mol. The highest BCUT2D eigenvalue weighted by Crippen LogP contribution is 2.18. The SMILES string of the molecule is CNCC(=O)OCCN(C(=O)OC(C)C)C(=O)C(C)(C)C. The summed E-state index contributed by atoms with van der Waals surface area (Å²) in [5, 5.41) is 2.65. The molecular formula is C14H26N2O5. The molecule has 0 heterocycles. The number of ether oxygens (including phenoxy) is 2. The van der Waals surface area contributed by atoms with E-state index < -0.39 is 17.5 Å². The van der Waals surface area contributed by atoms with Crippen molar-refractivity contribution < 1.29 is 23.9 Å². The fourth-order valence-corrected chi connectivity index (χ4v) is 1.39. The highest BCUT2D eigenvalue weighted by molar-refractivity contribution is 5.94. The van der Waals surface area contributed by atoms with Gasteiger partial charge >= 0.3 is 12.1 Å². The Hall–Kier alpha value is -1.63. The normalized spacial score (nSPS) is 11.2. The van der Waals surface area contributed by atoms with Gasteiger partial charge in [-0.2, -0.15) is 0 Å². The number of imide groups is 1. The minimum atomic E-state index is -0.731. The number of carbonyl (C=O) groups excluding carboxylic acids is 3. The van der Waals surface area contributed by atoms with Crippen LogP contribution in [0.25, 0.3) is 0 Å². The van der Waals surface area contributed by atoms with Crippen molar-refractivity contribution in [2.45, 2.75) is 40.7 Å². The lowest BCUT2D eigenvalue weighted by Crippen LogP contribution is -2.46. The maximum Gasteiger partial charge on any atom is 0.416 e. The Morgan fingerprint density at radius 2 is 1.76 bits per heavy atom. The molecule has 0 radical (unpaired) electrons. The van der Waals surface area contributed by atoms with Crippen LogP contribution in [0.1, 0.15) is 34.6 Å². The van der Waals surface area contributed by atoms with E-state index in [1.165, 1.54) is 0 Å². The van der Waals surface area contributed by atoms with E-state index in [1.807, 2.05) is 0 Å². The van der Waals surface area contributed by atoms with Crippen molar-refractivity contribution in [2.75, 3.05) is 26.7 Å². The number of esters is 1. The van der Waals surface area contributed by atoms with Crippen LogP contribution < -0.4 is 5.32 Å². The van der Waals surface area contributed by atoms with Crippen LogP contribution in [0.2, 0.25) is 0 Å². The molecule has 0 rings (SSSR count). The van der Waals surface area contributed by atoms with Crippen LogP contribution in [0, 0.1) is 5.41 Å². The Morgan fingerprint density at radius 3 is 2.19 bits per heavy atom. The summed E-state index contributed by atoms with van der Waals surface area (Å²) in [5.74, 6) is -0.823.